The molecule has 0 amide bonds. The van der Waals surface area contributed by atoms with Crippen LogP contribution in [0.3, 0.4) is 0 Å². The van der Waals surface area contributed by atoms with Crippen LogP contribution in [0.5, 0.6) is 0 Å². The smallest absolute Gasteiger partial charge is 0.143 e. The van der Waals surface area contributed by atoms with Crippen molar-refractivity contribution in [1.82, 2.24) is 19.7 Å². The van der Waals surface area contributed by atoms with Gasteiger partial charge in [0.1, 0.15) is 19.3 Å². The maximum atomic E-state index is 7.24. The second-order valence-electron chi connectivity index (χ2n) is 4.27. The Balaban J connectivity index is 2.04. The minimum Gasteiger partial charge on any atom is -0.445 e. The van der Waals surface area contributed by atoms with E-state index >= 15 is 0 Å². The number of rotatable bonds is 4. The number of aromatic nitrogens is 4. The van der Waals surface area contributed by atoms with Crippen molar-refractivity contribution in [3.8, 4) is 5.69 Å². The Hall–Kier alpha value is -2.14. The van der Waals surface area contributed by atoms with Gasteiger partial charge in [-0.2, -0.15) is 0 Å². The molecule has 3 aromatic rings. The first-order valence-corrected chi connectivity index (χ1v) is 5.98. The molecule has 0 fully saturated rings. The Morgan fingerprint density at radius 1 is 1.22 bits per heavy atom. The molecule has 0 aliphatic carbocycles. The Labute approximate surface area is 104 Å². The second-order valence-corrected chi connectivity index (χ2v) is 4.27. The van der Waals surface area contributed by atoms with Crippen LogP contribution >= 0.6 is 0 Å². The van der Waals surface area contributed by atoms with Crippen LogP contribution < -0.4 is 0 Å². The van der Waals surface area contributed by atoms with Gasteiger partial charge in [0.25, 0.3) is 0 Å². The highest BCUT2D eigenvalue weighted by Gasteiger charge is 2.06. The molecule has 5 nitrogen and oxygen atoms in total. The van der Waals surface area contributed by atoms with Crippen molar-refractivity contribution >= 4 is 10.9 Å². The van der Waals surface area contributed by atoms with E-state index in [-0.39, 0.29) is 0 Å². The Morgan fingerprint density at radius 2 is 2.06 bits per heavy atom. The molecule has 92 valence electrons. The maximum Gasteiger partial charge on any atom is 0.143 e. The van der Waals surface area contributed by atoms with Crippen molar-refractivity contribution < 1.29 is 5.11 Å². The van der Waals surface area contributed by atoms with E-state index in [1.165, 1.54) is 10.9 Å². The first-order chi connectivity index (χ1) is 8.88. The van der Waals surface area contributed by atoms with Gasteiger partial charge in [0.2, 0.25) is 0 Å². The van der Waals surface area contributed by atoms with Gasteiger partial charge in [0.05, 0.1) is 0 Å². The van der Waals surface area contributed by atoms with Crippen molar-refractivity contribution in [2.24, 2.45) is 0 Å². The van der Waals surface area contributed by atoms with Gasteiger partial charge in [-0.25, -0.2) is 0 Å². The van der Waals surface area contributed by atoms with Crippen LogP contribution in [-0.2, 0) is 6.42 Å². The molecule has 0 bridgehead atoms. The van der Waals surface area contributed by atoms with Crippen LogP contribution in [0, 0.1) is 0 Å². The summed E-state index contributed by atoms with van der Waals surface area (Å²) in [4.78, 5) is 3.27. The van der Waals surface area contributed by atoms with Gasteiger partial charge < -0.3 is 10.1 Å². The molecular formula is C13H15N4O+. The van der Waals surface area contributed by atoms with Gasteiger partial charge in [0.15, 0.2) is 0 Å². The minimum absolute atomic E-state index is 0.470. The molecule has 1 aromatic carbocycles. The van der Waals surface area contributed by atoms with Crippen molar-refractivity contribution in [2.45, 2.75) is 12.8 Å². The average molecular weight is 243 g/mol. The molecule has 0 spiro atoms. The Morgan fingerprint density at radius 3 is 2.83 bits per heavy atom. The summed E-state index contributed by atoms with van der Waals surface area (Å²) < 4.78 is 1.89. The molecule has 0 atom stereocenters. The van der Waals surface area contributed by atoms with Gasteiger partial charge in [0, 0.05) is 29.2 Å². The number of nitrogens with zero attached hydrogens (tertiary/aromatic N) is 3. The van der Waals surface area contributed by atoms with Crippen LogP contribution in [0.1, 0.15) is 12.0 Å². The Bertz CT molecular complexity index is 642. The number of fused-ring (bicyclic) bond motifs is 1. The molecule has 3 rings (SSSR count). The van der Waals surface area contributed by atoms with E-state index in [2.05, 4.69) is 27.3 Å². The number of hydrogen-bond donors (Lipinski definition) is 1. The fourth-order valence-corrected chi connectivity index (χ4v) is 2.15. The van der Waals surface area contributed by atoms with Gasteiger partial charge in [-0.15, -0.1) is 10.2 Å². The third-order valence-corrected chi connectivity index (χ3v) is 3.09. The van der Waals surface area contributed by atoms with E-state index in [1.807, 2.05) is 16.8 Å². The lowest BCUT2D eigenvalue weighted by atomic mass is 10.1. The molecule has 5 heteroatoms. The zero-order valence-corrected chi connectivity index (χ0v) is 9.93. The summed E-state index contributed by atoms with van der Waals surface area (Å²) in [5.74, 6) is 0. The highest BCUT2D eigenvalue weighted by Crippen LogP contribution is 2.22. The molecule has 0 radical (unpaired) electrons. The second kappa shape index (κ2) is 4.62. The van der Waals surface area contributed by atoms with Crippen LogP contribution in [0.15, 0.2) is 37.1 Å². The summed E-state index contributed by atoms with van der Waals surface area (Å²) in [7, 11) is 0. The zero-order valence-electron chi connectivity index (χ0n) is 9.93. The number of nitrogens with one attached hydrogen (secondary N) is 1. The maximum absolute atomic E-state index is 7.24. The van der Waals surface area contributed by atoms with Crippen LogP contribution in [0.4, 0.5) is 0 Å². The summed E-state index contributed by atoms with van der Waals surface area (Å²) in [6, 6.07) is 6.24. The van der Waals surface area contributed by atoms with Gasteiger partial charge in [-0.1, -0.05) is 0 Å². The van der Waals surface area contributed by atoms with E-state index in [0.29, 0.717) is 6.61 Å². The summed E-state index contributed by atoms with van der Waals surface area (Å²) in [5, 5.41) is 16.1. The van der Waals surface area contributed by atoms with Gasteiger partial charge in [-0.05, 0) is 30.2 Å². The summed E-state index contributed by atoms with van der Waals surface area (Å²) in [6.07, 6.45) is 7.25. The first kappa shape index (κ1) is 11.0. The largest absolute Gasteiger partial charge is 0.445 e. The molecule has 0 aliphatic heterocycles. The number of aryl methyl sites for hydroxylation is 1. The van der Waals surface area contributed by atoms with Crippen LogP contribution in [0.25, 0.3) is 16.6 Å². The van der Waals surface area contributed by atoms with Crippen molar-refractivity contribution in [3.05, 3.63) is 42.6 Å². The van der Waals surface area contributed by atoms with E-state index in [4.69, 9.17) is 5.11 Å². The third kappa shape index (κ3) is 1.89. The fraction of sp³-hybridized carbons (Fsp3) is 0.231. The topological polar surface area (TPSA) is 69.4 Å². The van der Waals surface area contributed by atoms with Gasteiger partial charge >= 0.3 is 0 Å². The van der Waals surface area contributed by atoms with Gasteiger partial charge in [-0.3, -0.25) is 4.57 Å². The number of aromatic amines is 1. The quantitative estimate of drug-likeness (QED) is 0.704. The van der Waals surface area contributed by atoms with Crippen molar-refractivity contribution in [3.63, 3.8) is 0 Å². The van der Waals surface area contributed by atoms with Crippen molar-refractivity contribution in [1.29, 1.82) is 0 Å². The first-order valence-electron chi connectivity index (χ1n) is 5.98. The monoisotopic (exact) mass is 243 g/mol. The predicted molar refractivity (Wildman–Crippen MR) is 70.0 cm³/mol. The Kier molecular flexibility index (Phi) is 2.82. The highest BCUT2D eigenvalue weighted by atomic mass is 16.2. The lowest BCUT2D eigenvalue weighted by Crippen LogP contribution is -1.91. The lowest BCUT2D eigenvalue weighted by Gasteiger charge is -2.02. The SMILES string of the molecule is [OH2+]CCCc1c[nH]c2ccc(-n3cnnc3)cc12. The number of benzene rings is 1. The molecule has 2 heterocycles. The average Bonchev–Trinajstić information content (AvgIpc) is 3.05. The molecule has 0 aliphatic rings. The molecule has 0 saturated heterocycles. The highest BCUT2D eigenvalue weighted by molar-refractivity contribution is 5.85. The molecule has 3 N–H and O–H groups in total. The number of H-pyrrole nitrogens is 1. The molecule has 0 saturated carbocycles. The molecule has 2 aromatic heterocycles. The lowest BCUT2D eigenvalue weighted by molar-refractivity contribution is 0.289. The normalized spacial score (nSPS) is 11.2. The summed E-state index contributed by atoms with van der Waals surface area (Å²) in [6.45, 7) is 0.470. The van der Waals surface area contributed by atoms with E-state index in [0.717, 1.165) is 24.0 Å². The summed E-state index contributed by atoms with van der Waals surface area (Å²) in [5.41, 5.74) is 3.46. The zero-order chi connectivity index (χ0) is 12.4. The summed E-state index contributed by atoms with van der Waals surface area (Å²) >= 11 is 0. The van der Waals surface area contributed by atoms with Crippen LogP contribution in [-0.4, -0.2) is 31.5 Å². The van der Waals surface area contributed by atoms with E-state index < -0.39 is 0 Å². The predicted octanol–water partition coefficient (Wildman–Crippen LogP) is 1.41. The molecule has 18 heavy (non-hydrogen) atoms. The van der Waals surface area contributed by atoms with E-state index in [1.54, 1.807) is 12.7 Å². The van der Waals surface area contributed by atoms with Crippen molar-refractivity contribution in [2.75, 3.05) is 6.61 Å². The van der Waals surface area contributed by atoms with Crippen LogP contribution in [0.2, 0.25) is 0 Å². The standard InChI is InChI=1S/C13H14N4O/c18-5-1-2-10-7-14-13-4-3-11(6-12(10)13)17-8-15-16-9-17/h3-4,6-9,14,18H,1-2,5H2/p+1. The molecule has 0 unspecified atom stereocenters. The van der Waals surface area contributed by atoms with E-state index in [9.17, 15) is 0 Å². The molecular weight excluding hydrogens is 228 g/mol. The number of hydrogen-bond acceptors (Lipinski definition) is 2. The third-order valence-electron chi connectivity index (χ3n) is 3.09. The fourth-order valence-electron chi connectivity index (χ4n) is 2.15. The minimum atomic E-state index is 0.470.